The first kappa shape index (κ1) is 14.5. The van der Waals surface area contributed by atoms with Gasteiger partial charge in [-0.05, 0) is 23.8 Å². The number of carbonyl (C=O) groups excluding carboxylic acids is 2. The lowest BCUT2D eigenvalue weighted by Gasteiger charge is -2.24. The summed E-state index contributed by atoms with van der Waals surface area (Å²) < 4.78 is 0.857. The quantitative estimate of drug-likeness (QED) is 0.810. The van der Waals surface area contributed by atoms with Crippen LogP contribution in [0.25, 0.3) is 0 Å². The fourth-order valence-corrected chi connectivity index (χ4v) is 3.90. The maximum atomic E-state index is 12.5. The summed E-state index contributed by atoms with van der Waals surface area (Å²) in [6.07, 6.45) is 0.359. The predicted octanol–water partition coefficient (Wildman–Crippen LogP) is 3.10. The Morgan fingerprint density at radius 2 is 1.78 bits per heavy atom. The van der Waals surface area contributed by atoms with Gasteiger partial charge in [-0.3, -0.25) is 9.59 Å². The lowest BCUT2D eigenvalue weighted by atomic mass is 9.92. The highest BCUT2D eigenvalue weighted by Gasteiger charge is 2.45. The van der Waals surface area contributed by atoms with Gasteiger partial charge < -0.3 is 10.6 Å². The van der Waals surface area contributed by atoms with E-state index in [1.54, 1.807) is 6.07 Å². The van der Waals surface area contributed by atoms with Crippen LogP contribution in [0, 0.1) is 0 Å². The van der Waals surface area contributed by atoms with Gasteiger partial charge in [-0.1, -0.05) is 46.3 Å². The van der Waals surface area contributed by atoms with Crippen molar-refractivity contribution in [1.82, 2.24) is 5.32 Å². The SMILES string of the molecule is O=C1N[C@@H]2CC(=O)[C@@H](c3ccccc3)[C@@H]2Nc2ccc(Br)cc21. The summed E-state index contributed by atoms with van der Waals surface area (Å²) in [5, 5.41) is 6.44. The molecule has 0 saturated heterocycles. The number of ketones is 1. The Hall–Kier alpha value is -2.14. The van der Waals surface area contributed by atoms with Gasteiger partial charge in [-0.25, -0.2) is 0 Å². The van der Waals surface area contributed by atoms with Crippen molar-refractivity contribution in [2.75, 3.05) is 5.32 Å². The number of hydrogen-bond donors (Lipinski definition) is 2. The van der Waals surface area contributed by atoms with Gasteiger partial charge in [-0.2, -0.15) is 0 Å². The van der Waals surface area contributed by atoms with Crippen molar-refractivity contribution < 1.29 is 9.59 Å². The van der Waals surface area contributed by atoms with E-state index in [2.05, 4.69) is 26.6 Å². The highest BCUT2D eigenvalue weighted by molar-refractivity contribution is 9.10. The van der Waals surface area contributed by atoms with E-state index >= 15 is 0 Å². The molecule has 1 saturated carbocycles. The Labute approximate surface area is 142 Å². The van der Waals surface area contributed by atoms with E-state index in [1.165, 1.54) is 0 Å². The molecule has 4 rings (SSSR count). The molecule has 5 heteroatoms. The number of Topliss-reactive ketones (excluding diaryl/α,β-unsaturated/α-hetero) is 1. The molecule has 0 radical (unpaired) electrons. The van der Waals surface area contributed by atoms with Gasteiger partial charge in [0.05, 0.1) is 23.6 Å². The minimum atomic E-state index is -0.240. The van der Waals surface area contributed by atoms with Gasteiger partial charge in [0.2, 0.25) is 0 Å². The third-order valence-electron chi connectivity index (χ3n) is 4.58. The molecule has 0 unspecified atom stereocenters. The average Bonchev–Trinajstić information content (AvgIpc) is 2.78. The number of halogens is 1. The first-order chi connectivity index (χ1) is 11.1. The van der Waals surface area contributed by atoms with Crippen LogP contribution in [-0.4, -0.2) is 23.8 Å². The highest BCUT2D eigenvalue weighted by atomic mass is 79.9. The van der Waals surface area contributed by atoms with E-state index in [0.717, 1.165) is 15.7 Å². The molecule has 0 bridgehead atoms. The van der Waals surface area contributed by atoms with Crippen LogP contribution in [0.2, 0.25) is 0 Å². The Bertz CT molecular complexity index is 791. The zero-order valence-electron chi connectivity index (χ0n) is 12.3. The zero-order chi connectivity index (χ0) is 16.0. The van der Waals surface area contributed by atoms with Crippen LogP contribution in [0.15, 0.2) is 53.0 Å². The summed E-state index contributed by atoms with van der Waals surface area (Å²) in [5.41, 5.74) is 2.37. The normalized spacial score (nSPS) is 25.9. The molecule has 3 atom stereocenters. The van der Waals surface area contributed by atoms with Crippen LogP contribution in [-0.2, 0) is 4.79 Å². The smallest absolute Gasteiger partial charge is 0.253 e. The zero-order valence-corrected chi connectivity index (χ0v) is 13.8. The summed E-state index contributed by atoms with van der Waals surface area (Å²) in [5.74, 6) is -0.210. The Morgan fingerprint density at radius 1 is 1.00 bits per heavy atom. The minimum Gasteiger partial charge on any atom is -0.379 e. The van der Waals surface area contributed by atoms with Crippen molar-refractivity contribution >= 4 is 33.3 Å². The van der Waals surface area contributed by atoms with Crippen LogP contribution in [0.3, 0.4) is 0 Å². The molecule has 2 aromatic rings. The fraction of sp³-hybridized carbons (Fsp3) is 0.222. The highest BCUT2D eigenvalue weighted by Crippen LogP contribution is 2.37. The Kier molecular flexibility index (Phi) is 3.45. The van der Waals surface area contributed by atoms with Gasteiger partial charge in [0.1, 0.15) is 5.78 Å². The maximum absolute atomic E-state index is 12.5. The van der Waals surface area contributed by atoms with Gasteiger partial charge in [0.15, 0.2) is 0 Å². The van der Waals surface area contributed by atoms with Crippen molar-refractivity contribution in [3.8, 4) is 0 Å². The molecule has 1 aliphatic heterocycles. The second-order valence-electron chi connectivity index (χ2n) is 6.00. The van der Waals surface area contributed by atoms with Crippen LogP contribution in [0.4, 0.5) is 5.69 Å². The number of fused-ring (bicyclic) bond motifs is 2. The predicted molar refractivity (Wildman–Crippen MR) is 91.6 cm³/mol. The van der Waals surface area contributed by atoms with E-state index in [0.29, 0.717) is 12.0 Å². The average molecular weight is 371 g/mol. The lowest BCUT2D eigenvalue weighted by Crippen LogP contribution is -2.42. The molecular weight excluding hydrogens is 356 g/mol. The fourth-order valence-electron chi connectivity index (χ4n) is 3.54. The second-order valence-corrected chi connectivity index (χ2v) is 6.91. The number of benzene rings is 2. The summed E-state index contributed by atoms with van der Waals surface area (Å²) >= 11 is 3.40. The second kappa shape index (κ2) is 5.49. The Balaban J connectivity index is 1.76. The number of anilines is 1. The third-order valence-corrected chi connectivity index (χ3v) is 5.08. The molecule has 0 spiro atoms. The molecule has 2 N–H and O–H groups in total. The largest absolute Gasteiger partial charge is 0.379 e. The van der Waals surface area contributed by atoms with Crippen LogP contribution >= 0.6 is 15.9 Å². The molecule has 4 nitrogen and oxygen atoms in total. The third kappa shape index (κ3) is 2.45. The maximum Gasteiger partial charge on any atom is 0.253 e. The molecule has 1 aliphatic carbocycles. The molecule has 1 fully saturated rings. The number of hydrogen-bond acceptors (Lipinski definition) is 3. The lowest BCUT2D eigenvalue weighted by molar-refractivity contribution is -0.118. The van der Waals surface area contributed by atoms with Crippen LogP contribution in [0.5, 0.6) is 0 Å². The summed E-state index contributed by atoms with van der Waals surface area (Å²) in [6, 6.07) is 15.0. The number of amides is 1. The van der Waals surface area contributed by atoms with Gasteiger partial charge in [-0.15, -0.1) is 0 Å². The monoisotopic (exact) mass is 370 g/mol. The number of nitrogens with one attached hydrogen (secondary N) is 2. The Morgan fingerprint density at radius 3 is 2.57 bits per heavy atom. The van der Waals surface area contributed by atoms with Gasteiger partial charge >= 0.3 is 0 Å². The van der Waals surface area contributed by atoms with Crippen molar-refractivity contribution in [3.05, 3.63) is 64.1 Å². The minimum absolute atomic E-state index is 0.128. The van der Waals surface area contributed by atoms with Crippen molar-refractivity contribution in [1.29, 1.82) is 0 Å². The first-order valence-corrected chi connectivity index (χ1v) is 8.37. The van der Waals surface area contributed by atoms with E-state index in [-0.39, 0.29) is 29.7 Å². The molecule has 116 valence electrons. The van der Waals surface area contributed by atoms with Crippen molar-refractivity contribution in [2.45, 2.75) is 24.4 Å². The van der Waals surface area contributed by atoms with E-state index in [9.17, 15) is 9.59 Å². The van der Waals surface area contributed by atoms with Gasteiger partial charge in [0.25, 0.3) is 5.91 Å². The molecule has 23 heavy (non-hydrogen) atoms. The molecule has 1 heterocycles. The summed E-state index contributed by atoms with van der Waals surface area (Å²) in [7, 11) is 0. The van der Waals surface area contributed by atoms with Gasteiger partial charge in [0, 0.05) is 16.6 Å². The van der Waals surface area contributed by atoms with E-state index in [1.807, 2.05) is 42.5 Å². The van der Waals surface area contributed by atoms with Crippen LogP contribution in [0.1, 0.15) is 28.3 Å². The standard InChI is InChI=1S/C18H15BrN2O2/c19-11-6-7-13-12(8-11)18(23)21-14-9-15(22)16(17(14)20-13)10-4-2-1-3-5-10/h1-8,14,16-17,20H,9H2,(H,21,23)/t14-,16-,17-/m1/s1. The molecule has 2 aromatic carbocycles. The van der Waals surface area contributed by atoms with E-state index < -0.39 is 0 Å². The molecule has 1 amide bonds. The van der Waals surface area contributed by atoms with E-state index in [4.69, 9.17) is 0 Å². The van der Waals surface area contributed by atoms with Crippen LogP contribution < -0.4 is 10.6 Å². The molecular formula is C18H15BrN2O2. The summed E-state index contributed by atoms with van der Waals surface area (Å²) in [6.45, 7) is 0. The van der Waals surface area contributed by atoms with Crippen molar-refractivity contribution in [3.63, 3.8) is 0 Å². The number of carbonyl (C=O) groups is 2. The number of rotatable bonds is 1. The van der Waals surface area contributed by atoms with Crippen molar-refractivity contribution in [2.24, 2.45) is 0 Å². The first-order valence-electron chi connectivity index (χ1n) is 7.58. The molecule has 0 aromatic heterocycles. The topological polar surface area (TPSA) is 58.2 Å². The molecule has 2 aliphatic rings. The summed E-state index contributed by atoms with van der Waals surface area (Å²) in [4.78, 5) is 25.0.